The normalized spacial score (nSPS) is 11.6. The van der Waals surface area contributed by atoms with E-state index < -0.39 is 22.8 Å². The molecular weight excluding hydrogens is 358 g/mol. The highest BCUT2D eigenvalue weighted by molar-refractivity contribution is 9.10. The molecule has 1 aromatic rings. The molecule has 0 aliphatic rings. The van der Waals surface area contributed by atoms with Gasteiger partial charge in [-0.25, -0.2) is 4.79 Å². The second-order valence-corrected chi connectivity index (χ2v) is 5.82. The summed E-state index contributed by atoms with van der Waals surface area (Å²) in [6.45, 7) is 3.04. The van der Waals surface area contributed by atoms with E-state index in [0.29, 0.717) is 15.7 Å². The van der Waals surface area contributed by atoms with E-state index in [1.165, 1.54) is 31.9 Å². The third-order valence-electron chi connectivity index (χ3n) is 3.10. The average molecular weight is 374 g/mol. The molecule has 1 rings (SSSR count). The first-order valence-electron chi connectivity index (χ1n) is 6.33. The summed E-state index contributed by atoms with van der Waals surface area (Å²) in [5.74, 6) is -1.72. The molecule has 2 N–H and O–H groups in total. The highest BCUT2D eigenvalue weighted by Crippen LogP contribution is 2.30. The second-order valence-electron chi connectivity index (χ2n) is 4.90. The highest BCUT2D eigenvalue weighted by atomic mass is 79.9. The molecule has 0 radical (unpaired) electrons. The lowest BCUT2D eigenvalue weighted by Gasteiger charge is -2.20. The molecule has 0 aromatic heterocycles. The van der Waals surface area contributed by atoms with Crippen LogP contribution in [0.3, 0.4) is 0 Å². The summed E-state index contributed by atoms with van der Waals surface area (Å²) < 4.78 is 0.460. The van der Waals surface area contributed by atoms with Crippen molar-refractivity contribution < 1.29 is 19.6 Å². The molecule has 22 heavy (non-hydrogen) atoms. The van der Waals surface area contributed by atoms with Crippen LogP contribution >= 0.6 is 15.9 Å². The topological polar surface area (TPSA) is 113 Å². The molecule has 0 aliphatic carbocycles. The zero-order chi connectivity index (χ0) is 17.0. The molecule has 1 unspecified atom stereocenters. The van der Waals surface area contributed by atoms with Gasteiger partial charge >= 0.3 is 12.0 Å². The molecule has 9 heteroatoms. The number of carbonyl (C=O) groups excluding carboxylic acids is 1. The predicted molar refractivity (Wildman–Crippen MR) is 84.0 cm³/mol. The van der Waals surface area contributed by atoms with Crippen molar-refractivity contribution in [1.82, 2.24) is 4.90 Å². The van der Waals surface area contributed by atoms with Gasteiger partial charge < -0.3 is 15.3 Å². The van der Waals surface area contributed by atoms with E-state index in [0.717, 1.165) is 0 Å². The molecule has 0 heterocycles. The van der Waals surface area contributed by atoms with Gasteiger partial charge in [0.1, 0.15) is 0 Å². The lowest BCUT2D eigenvalue weighted by Crippen LogP contribution is -2.36. The monoisotopic (exact) mass is 373 g/mol. The summed E-state index contributed by atoms with van der Waals surface area (Å²) in [6.07, 6.45) is 0. The summed E-state index contributed by atoms with van der Waals surface area (Å²) >= 11 is 3.15. The van der Waals surface area contributed by atoms with Gasteiger partial charge in [-0.05, 0) is 13.0 Å². The standard InChI is InChI=1S/C13H16BrN3O5/c1-7(12(18)19)6-16(3)13(20)15-10-4-9(14)5-11(8(10)2)17(21)22/h4-5,7H,6H2,1-3H3,(H,15,20)(H,18,19). The maximum Gasteiger partial charge on any atom is 0.321 e. The minimum absolute atomic E-state index is 0.0241. The van der Waals surface area contributed by atoms with E-state index in [1.807, 2.05) is 0 Å². The molecule has 1 atom stereocenters. The minimum Gasteiger partial charge on any atom is -0.481 e. The first-order chi connectivity index (χ1) is 10.1. The number of nitro groups is 1. The molecule has 0 saturated heterocycles. The van der Waals surface area contributed by atoms with Gasteiger partial charge in [-0.2, -0.15) is 0 Å². The summed E-state index contributed by atoms with van der Waals surface area (Å²) in [6, 6.07) is 2.36. The van der Waals surface area contributed by atoms with Crippen LogP contribution in [0.15, 0.2) is 16.6 Å². The zero-order valence-corrected chi connectivity index (χ0v) is 13.9. The number of hydrogen-bond acceptors (Lipinski definition) is 4. The Labute approximate surface area is 135 Å². The van der Waals surface area contributed by atoms with Gasteiger partial charge in [-0.1, -0.05) is 22.9 Å². The highest BCUT2D eigenvalue weighted by Gasteiger charge is 2.20. The molecule has 8 nitrogen and oxygen atoms in total. The minimum atomic E-state index is -1.01. The summed E-state index contributed by atoms with van der Waals surface area (Å²) in [4.78, 5) is 34.5. The van der Waals surface area contributed by atoms with Crippen molar-refractivity contribution in [3.8, 4) is 0 Å². The Morgan fingerprint density at radius 2 is 2.09 bits per heavy atom. The molecular formula is C13H16BrN3O5. The van der Waals surface area contributed by atoms with E-state index in [-0.39, 0.29) is 12.2 Å². The third-order valence-corrected chi connectivity index (χ3v) is 3.56. The van der Waals surface area contributed by atoms with Gasteiger partial charge in [0.05, 0.1) is 22.1 Å². The van der Waals surface area contributed by atoms with E-state index in [4.69, 9.17) is 5.11 Å². The van der Waals surface area contributed by atoms with E-state index in [9.17, 15) is 19.7 Å². The van der Waals surface area contributed by atoms with E-state index in [1.54, 1.807) is 6.07 Å². The van der Waals surface area contributed by atoms with Crippen LogP contribution in [0.5, 0.6) is 0 Å². The summed E-state index contributed by atoms with van der Waals surface area (Å²) in [7, 11) is 1.45. The molecule has 120 valence electrons. The molecule has 0 spiro atoms. The van der Waals surface area contributed by atoms with Gasteiger partial charge in [-0.15, -0.1) is 0 Å². The van der Waals surface area contributed by atoms with Crippen LogP contribution in [-0.2, 0) is 4.79 Å². The van der Waals surface area contributed by atoms with Crippen LogP contribution in [0.4, 0.5) is 16.2 Å². The maximum absolute atomic E-state index is 12.1. The zero-order valence-electron chi connectivity index (χ0n) is 12.3. The molecule has 1 aromatic carbocycles. The van der Waals surface area contributed by atoms with Crippen molar-refractivity contribution in [2.24, 2.45) is 5.92 Å². The largest absolute Gasteiger partial charge is 0.481 e. The number of amides is 2. The van der Waals surface area contributed by atoms with Crippen LogP contribution < -0.4 is 5.32 Å². The lowest BCUT2D eigenvalue weighted by molar-refractivity contribution is -0.385. The number of nitrogens with zero attached hydrogens (tertiary/aromatic N) is 2. The van der Waals surface area contributed by atoms with Crippen LogP contribution in [-0.4, -0.2) is 40.5 Å². The van der Waals surface area contributed by atoms with Crippen molar-refractivity contribution in [3.05, 3.63) is 32.3 Å². The van der Waals surface area contributed by atoms with Crippen LogP contribution in [0.2, 0.25) is 0 Å². The van der Waals surface area contributed by atoms with Crippen LogP contribution in [0.25, 0.3) is 0 Å². The third kappa shape index (κ3) is 4.42. The van der Waals surface area contributed by atoms with Gasteiger partial charge in [-0.3, -0.25) is 14.9 Å². The number of carboxylic acid groups (broad SMARTS) is 1. The van der Waals surface area contributed by atoms with E-state index >= 15 is 0 Å². The Bertz CT molecular complexity index is 620. The molecule has 2 amide bonds. The quantitative estimate of drug-likeness (QED) is 0.608. The fourth-order valence-corrected chi connectivity index (χ4v) is 2.21. The number of benzene rings is 1. The molecule has 0 aliphatic heterocycles. The summed E-state index contributed by atoms with van der Waals surface area (Å²) in [5, 5.41) is 22.4. The number of aliphatic carboxylic acids is 1. The van der Waals surface area contributed by atoms with Crippen molar-refractivity contribution >= 4 is 39.3 Å². The lowest BCUT2D eigenvalue weighted by atomic mass is 10.1. The van der Waals surface area contributed by atoms with Gasteiger partial charge in [0.15, 0.2) is 0 Å². The number of hydrogen-bond donors (Lipinski definition) is 2. The van der Waals surface area contributed by atoms with Crippen LogP contribution in [0, 0.1) is 23.0 Å². The Kier molecular flexibility index (Phi) is 5.86. The van der Waals surface area contributed by atoms with Gasteiger partial charge in [0.25, 0.3) is 5.69 Å². The number of halogens is 1. The molecule has 0 saturated carbocycles. The van der Waals surface area contributed by atoms with Gasteiger partial charge in [0.2, 0.25) is 0 Å². The Morgan fingerprint density at radius 1 is 1.50 bits per heavy atom. The van der Waals surface area contributed by atoms with Crippen molar-refractivity contribution in [2.75, 3.05) is 18.9 Å². The Morgan fingerprint density at radius 3 is 2.59 bits per heavy atom. The van der Waals surface area contributed by atoms with Crippen molar-refractivity contribution in [2.45, 2.75) is 13.8 Å². The first kappa shape index (κ1) is 17.9. The number of nitro benzene ring substituents is 1. The van der Waals surface area contributed by atoms with E-state index in [2.05, 4.69) is 21.2 Å². The van der Waals surface area contributed by atoms with Gasteiger partial charge in [0, 0.05) is 24.1 Å². The predicted octanol–water partition coefficient (Wildman–Crippen LogP) is 2.85. The number of rotatable bonds is 5. The second kappa shape index (κ2) is 7.21. The Hall–Kier alpha value is -2.16. The molecule has 0 fully saturated rings. The number of nitrogens with one attached hydrogen (secondary N) is 1. The average Bonchev–Trinajstić information content (AvgIpc) is 2.41. The fraction of sp³-hybridized carbons (Fsp3) is 0.385. The first-order valence-corrected chi connectivity index (χ1v) is 7.12. The van der Waals surface area contributed by atoms with Crippen molar-refractivity contribution in [1.29, 1.82) is 0 Å². The summed E-state index contributed by atoms with van der Waals surface area (Å²) in [5.41, 5.74) is 0.494. The number of carbonyl (C=O) groups is 2. The number of urea groups is 1. The van der Waals surface area contributed by atoms with Crippen molar-refractivity contribution in [3.63, 3.8) is 0 Å². The number of carboxylic acids is 1. The number of anilines is 1. The smallest absolute Gasteiger partial charge is 0.321 e. The SMILES string of the molecule is Cc1c(NC(=O)N(C)CC(C)C(=O)O)cc(Br)cc1[N+](=O)[O-]. The Balaban J connectivity index is 2.93. The fourth-order valence-electron chi connectivity index (χ4n) is 1.77. The van der Waals surface area contributed by atoms with Crippen LogP contribution in [0.1, 0.15) is 12.5 Å². The maximum atomic E-state index is 12.1. The molecule has 0 bridgehead atoms.